The zero-order valence-electron chi connectivity index (χ0n) is 31.1. The number of Topliss-reactive ketones (excluding diaryl/α,β-unsaturated/α-hetero) is 1. The first-order valence-corrected chi connectivity index (χ1v) is 18.1. The molecular weight excluding hydrogens is 684 g/mol. The van der Waals surface area contributed by atoms with Gasteiger partial charge in [0.05, 0.1) is 18.1 Å². The lowest BCUT2D eigenvalue weighted by atomic mass is 9.84. The Balaban J connectivity index is 2.07. The van der Waals surface area contributed by atoms with E-state index in [-0.39, 0.29) is 43.8 Å². The topological polar surface area (TPSA) is 212 Å². The predicted molar refractivity (Wildman–Crippen MR) is 196 cm³/mol. The number of cyclic esters (lactones) is 1. The number of carbonyl (C=O) groups excluding carboxylic acids is 6. The summed E-state index contributed by atoms with van der Waals surface area (Å²) in [5.41, 5.74) is 3.96. The fraction of sp³-hybridized carbons (Fsp3) is 0.538. The molecule has 0 aliphatic carbocycles. The lowest BCUT2D eigenvalue weighted by Crippen LogP contribution is -2.62. The number of nitrogens with zero attached hydrogens (tertiary/aromatic N) is 1. The number of aliphatic hydroxyl groups is 2. The second-order valence-electron chi connectivity index (χ2n) is 14.2. The van der Waals surface area contributed by atoms with Gasteiger partial charge < -0.3 is 35.5 Å². The third-order valence-electron chi connectivity index (χ3n) is 9.59. The summed E-state index contributed by atoms with van der Waals surface area (Å²) in [6.07, 6.45) is 5.56. The number of esters is 1. The molecule has 6 N–H and O–H groups in total. The summed E-state index contributed by atoms with van der Waals surface area (Å²) in [5, 5.41) is 39.2. The molecule has 14 nitrogen and oxygen atoms in total. The van der Waals surface area contributed by atoms with Gasteiger partial charge >= 0.3 is 5.97 Å². The molecule has 1 aromatic carbocycles. The maximum absolute atomic E-state index is 14.1. The lowest BCUT2D eigenvalue weighted by Gasteiger charge is -2.36. The van der Waals surface area contributed by atoms with Crippen LogP contribution >= 0.6 is 0 Å². The van der Waals surface area contributed by atoms with Crippen LogP contribution in [-0.2, 0) is 39.9 Å². The molecule has 290 valence electrons. The molecule has 2 aliphatic rings. The number of fused-ring (bicyclic) bond motifs is 2. The van der Waals surface area contributed by atoms with Gasteiger partial charge in [-0.15, -0.1) is 0 Å². The molecule has 53 heavy (non-hydrogen) atoms. The average Bonchev–Trinajstić information content (AvgIpc) is 3.11. The van der Waals surface area contributed by atoms with Crippen LogP contribution in [0.3, 0.4) is 0 Å². The van der Waals surface area contributed by atoms with Gasteiger partial charge in [0.15, 0.2) is 0 Å². The van der Waals surface area contributed by atoms with Crippen LogP contribution in [0.25, 0.3) is 0 Å². The van der Waals surface area contributed by atoms with Gasteiger partial charge in [-0.25, -0.2) is 5.43 Å². The summed E-state index contributed by atoms with van der Waals surface area (Å²) in [6, 6.07) is 2.91. The number of aldehydes is 1. The van der Waals surface area contributed by atoms with Gasteiger partial charge in [0.1, 0.15) is 42.0 Å². The van der Waals surface area contributed by atoms with E-state index >= 15 is 0 Å². The smallest absolute Gasteiger partial charge is 0.325 e. The highest BCUT2D eigenvalue weighted by Gasteiger charge is 2.38. The Bertz CT molecular complexity index is 1560. The average molecular weight is 739 g/mol. The Morgan fingerprint density at radius 1 is 1.08 bits per heavy atom. The number of ether oxygens (including phenoxy) is 1. The number of allylic oxidation sites excluding steroid dienone is 3. The standard InChI is InChI=1S/C39H54N4O10/c1-23(2)34-37(50)40-31(22-27-11-9-12-28(46)21-27)38(51)43-19-10-13-30(42-43)39(52)53-33(24(3)18-20-44)15-8-6-7-14-32(47)26(5)35(48)29(36(49)41-34)17-16-25(4)45/h6-9,11-12,14,18,20-21,23,26,29-35,42,46-48H,10,13,15-17,19,22H2,1-5H3,(H,40,50)(H,41,49)/b8-6+,14-7+,24-18+/t26-,29+,30?,31?,32-,33-,34-,35+/m0/s1. The monoisotopic (exact) mass is 738 g/mol. The highest BCUT2D eigenvalue weighted by atomic mass is 16.5. The van der Waals surface area contributed by atoms with Crippen LogP contribution in [0, 0.1) is 17.8 Å². The van der Waals surface area contributed by atoms with Crippen molar-refractivity contribution in [2.75, 3.05) is 6.54 Å². The number of amides is 3. The van der Waals surface area contributed by atoms with Gasteiger partial charge in [-0.1, -0.05) is 57.2 Å². The van der Waals surface area contributed by atoms with Gasteiger partial charge in [-0.05, 0) is 68.4 Å². The summed E-state index contributed by atoms with van der Waals surface area (Å²) >= 11 is 0. The van der Waals surface area contributed by atoms with E-state index in [1.165, 1.54) is 36.2 Å². The first-order chi connectivity index (χ1) is 25.1. The van der Waals surface area contributed by atoms with E-state index in [0.717, 1.165) is 0 Å². The van der Waals surface area contributed by atoms with E-state index in [1.807, 2.05) is 0 Å². The van der Waals surface area contributed by atoms with E-state index in [4.69, 9.17) is 4.74 Å². The Kier molecular flexibility index (Phi) is 16.6. The van der Waals surface area contributed by atoms with Gasteiger partial charge in [-0.2, -0.15) is 0 Å². The zero-order valence-corrected chi connectivity index (χ0v) is 31.1. The Morgan fingerprint density at radius 3 is 2.47 bits per heavy atom. The van der Waals surface area contributed by atoms with Gasteiger partial charge in [0.25, 0.3) is 5.91 Å². The molecule has 1 fully saturated rings. The molecule has 2 heterocycles. The molecule has 0 aromatic heterocycles. The summed E-state index contributed by atoms with van der Waals surface area (Å²) in [4.78, 5) is 78.6. The lowest BCUT2D eigenvalue weighted by molar-refractivity contribution is -0.156. The third-order valence-corrected chi connectivity index (χ3v) is 9.59. The second-order valence-corrected chi connectivity index (χ2v) is 14.2. The van der Waals surface area contributed by atoms with Crippen molar-refractivity contribution in [1.29, 1.82) is 0 Å². The summed E-state index contributed by atoms with van der Waals surface area (Å²) in [5.74, 6) is -5.38. The number of rotatable bonds is 8. The van der Waals surface area contributed by atoms with Crippen molar-refractivity contribution in [3.8, 4) is 5.75 Å². The van der Waals surface area contributed by atoms with Gasteiger partial charge in [0.2, 0.25) is 11.8 Å². The van der Waals surface area contributed by atoms with Gasteiger partial charge in [-0.3, -0.25) is 29.0 Å². The predicted octanol–water partition coefficient (Wildman–Crippen LogP) is 1.97. The maximum Gasteiger partial charge on any atom is 0.325 e. The largest absolute Gasteiger partial charge is 0.508 e. The molecule has 2 aliphatic heterocycles. The summed E-state index contributed by atoms with van der Waals surface area (Å²) < 4.78 is 5.82. The molecule has 2 bridgehead atoms. The first-order valence-electron chi connectivity index (χ1n) is 18.1. The highest BCUT2D eigenvalue weighted by molar-refractivity contribution is 5.93. The van der Waals surface area contributed by atoms with E-state index in [1.54, 1.807) is 58.1 Å². The number of aliphatic hydroxyl groups excluding tert-OH is 2. The minimum absolute atomic E-state index is 0.0247. The summed E-state index contributed by atoms with van der Waals surface area (Å²) in [7, 11) is 0. The SMILES string of the molecule is CC(=O)CC[C@H]1C(=O)N[C@@H](C(C)C)C(=O)NC(Cc2cccc(O)c2)C(=O)N2CCCC(N2)C(=O)O[C@H](/C(C)=C/C=O)C/C=C/C=C/[C@H](O)[C@H](C)[C@H]1O. The molecule has 0 saturated carbocycles. The number of phenolic OH excluding ortho intramolecular Hbond substituents is 1. The van der Waals surface area contributed by atoms with Crippen LogP contribution in [0.4, 0.5) is 0 Å². The first kappa shape index (κ1) is 42.8. The molecule has 2 unspecified atom stereocenters. The van der Waals surface area contributed by atoms with Crippen molar-refractivity contribution >= 4 is 35.8 Å². The number of hydrogen-bond donors (Lipinski definition) is 6. The second kappa shape index (κ2) is 20.5. The number of ketones is 1. The normalized spacial score (nSPS) is 29.9. The van der Waals surface area contributed by atoms with Crippen molar-refractivity contribution < 1.29 is 48.8 Å². The fourth-order valence-corrected chi connectivity index (χ4v) is 6.26. The van der Waals surface area contributed by atoms with Crippen LogP contribution in [-0.4, -0.2) is 99.1 Å². The van der Waals surface area contributed by atoms with Crippen molar-refractivity contribution in [2.45, 2.75) is 110 Å². The minimum atomic E-state index is -1.41. The van der Waals surface area contributed by atoms with Crippen molar-refractivity contribution in [3.05, 3.63) is 65.8 Å². The van der Waals surface area contributed by atoms with Crippen LogP contribution in [0.5, 0.6) is 5.75 Å². The number of hydrazine groups is 1. The van der Waals surface area contributed by atoms with Crippen molar-refractivity contribution in [1.82, 2.24) is 21.1 Å². The Labute approximate surface area is 310 Å². The molecule has 0 spiro atoms. The van der Waals surface area contributed by atoms with Crippen LogP contribution in [0.1, 0.15) is 72.3 Å². The Morgan fingerprint density at radius 2 is 1.81 bits per heavy atom. The number of nitrogens with one attached hydrogen (secondary N) is 3. The number of aromatic hydroxyl groups is 1. The van der Waals surface area contributed by atoms with E-state index in [2.05, 4.69) is 16.1 Å². The highest BCUT2D eigenvalue weighted by Crippen LogP contribution is 2.24. The number of carbonyl (C=O) groups is 6. The van der Waals surface area contributed by atoms with Gasteiger partial charge in [0, 0.05) is 31.7 Å². The number of phenols is 1. The van der Waals surface area contributed by atoms with Crippen molar-refractivity contribution in [2.24, 2.45) is 17.8 Å². The molecule has 3 amide bonds. The van der Waals surface area contributed by atoms with E-state index < -0.39 is 77.9 Å². The summed E-state index contributed by atoms with van der Waals surface area (Å²) in [6.45, 7) is 8.19. The zero-order chi connectivity index (χ0) is 39.2. The molecule has 1 aromatic rings. The number of benzene rings is 1. The molecular formula is C39H54N4O10. The molecule has 14 heteroatoms. The Hall–Kier alpha value is -4.66. The minimum Gasteiger partial charge on any atom is -0.508 e. The van der Waals surface area contributed by atoms with Crippen molar-refractivity contribution in [3.63, 3.8) is 0 Å². The molecule has 3 rings (SSSR count). The van der Waals surface area contributed by atoms with Crippen LogP contribution in [0.15, 0.2) is 60.2 Å². The fourth-order valence-electron chi connectivity index (χ4n) is 6.26. The number of hydrogen-bond acceptors (Lipinski definition) is 11. The van der Waals surface area contributed by atoms with E-state index in [9.17, 15) is 44.1 Å². The molecule has 1 saturated heterocycles. The van der Waals surface area contributed by atoms with Crippen LogP contribution < -0.4 is 16.1 Å². The van der Waals surface area contributed by atoms with Crippen LogP contribution in [0.2, 0.25) is 0 Å². The maximum atomic E-state index is 14.1. The molecule has 8 atom stereocenters. The van der Waals surface area contributed by atoms with E-state index in [0.29, 0.717) is 30.3 Å². The molecule has 0 radical (unpaired) electrons. The third kappa shape index (κ3) is 12.8. The quantitative estimate of drug-likeness (QED) is 0.129.